The molecule has 1 fully saturated rings. The monoisotopic (exact) mass is 253 g/mol. The van der Waals surface area contributed by atoms with E-state index in [2.05, 4.69) is 29.3 Å². The third-order valence-corrected chi connectivity index (χ3v) is 3.47. The van der Waals surface area contributed by atoms with Gasteiger partial charge in [-0.15, -0.1) is 0 Å². The van der Waals surface area contributed by atoms with Crippen molar-refractivity contribution < 1.29 is 9.26 Å². The summed E-state index contributed by atoms with van der Waals surface area (Å²) in [6.45, 7) is 7.45. The summed E-state index contributed by atoms with van der Waals surface area (Å²) >= 11 is 0. The van der Waals surface area contributed by atoms with E-state index in [0.717, 1.165) is 51.3 Å². The number of nitrogens with zero attached hydrogens (tertiary/aromatic N) is 2. The molecule has 0 spiro atoms. The van der Waals surface area contributed by atoms with E-state index in [1.54, 1.807) is 0 Å². The molecule has 0 bridgehead atoms. The van der Waals surface area contributed by atoms with E-state index in [0.29, 0.717) is 12.4 Å². The zero-order valence-electron chi connectivity index (χ0n) is 11.4. The Bertz CT molecular complexity index is 359. The number of hydrogen-bond donors (Lipinski definition) is 1. The van der Waals surface area contributed by atoms with Gasteiger partial charge in [0.1, 0.15) is 6.61 Å². The minimum Gasteiger partial charge on any atom is -0.373 e. The Labute approximate surface area is 108 Å². The zero-order chi connectivity index (χ0) is 12.8. The molecule has 0 aliphatic carbocycles. The van der Waals surface area contributed by atoms with Crippen LogP contribution in [0.5, 0.6) is 0 Å². The van der Waals surface area contributed by atoms with Gasteiger partial charge in [0.2, 0.25) is 5.89 Å². The fourth-order valence-corrected chi connectivity index (χ4v) is 2.56. The second-order valence-electron chi connectivity index (χ2n) is 5.03. The zero-order valence-corrected chi connectivity index (χ0v) is 11.4. The van der Waals surface area contributed by atoms with Gasteiger partial charge in [0, 0.05) is 13.2 Å². The fourth-order valence-electron chi connectivity index (χ4n) is 2.56. The van der Waals surface area contributed by atoms with Gasteiger partial charge in [0.15, 0.2) is 5.82 Å². The quantitative estimate of drug-likeness (QED) is 0.753. The highest BCUT2D eigenvalue weighted by Crippen LogP contribution is 2.34. The molecule has 2 rings (SSSR count). The maximum atomic E-state index is 5.45. The highest BCUT2D eigenvalue weighted by atomic mass is 16.5. The van der Waals surface area contributed by atoms with Crippen molar-refractivity contribution in [1.82, 2.24) is 15.5 Å². The van der Waals surface area contributed by atoms with Crippen molar-refractivity contribution in [3.63, 3.8) is 0 Å². The third-order valence-electron chi connectivity index (χ3n) is 3.47. The van der Waals surface area contributed by atoms with Crippen LogP contribution in [0, 0.1) is 0 Å². The van der Waals surface area contributed by atoms with Crippen LogP contribution in [-0.2, 0) is 16.8 Å². The van der Waals surface area contributed by atoms with Crippen LogP contribution < -0.4 is 5.32 Å². The molecule has 1 aliphatic rings. The Hall–Kier alpha value is -0.940. The molecule has 1 atom stereocenters. The van der Waals surface area contributed by atoms with E-state index >= 15 is 0 Å². The first-order valence-corrected chi connectivity index (χ1v) is 6.92. The predicted molar refractivity (Wildman–Crippen MR) is 68.3 cm³/mol. The van der Waals surface area contributed by atoms with Gasteiger partial charge in [-0.05, 0) is 25.8 Å². The molecule has 2 heterocycles. The van der Waals surface area contributed by atoms with Crippen LogP contribution in [0.2, 0.25) is 0 Å². The molecule has 1 aromatic heterocycles. The summed E-state index contributed by atoms with van der Waals surface area (Å²) in [7, 11) is 0. The number of nitrogens with one attached hydrogen (secondary N) is 1. The summed E-state index contributed by atoms with van der Waals surface area (Å²) in [5.41, 5.74) is 0.0464. The first kappa shape index (κ1) is 13.5. The second-order valence-corrected chi connectivity index (χ2v) is 5.03. The fraction of sp³-hybridized carbons (Fsp3) is 0.846. The molecule has 1 N–H and O–H groups in total. The first-order chi connectivity index (χ1) is 8.80. The van der Waals surface area contributed by atoms with Crippen LogP contribution in [0.3, 0.4) is 0 Å². The average Bonchev–Trinajstić information content (AvgIpc) is 2.99. The lowest BCUT2D eigenvalue weighted by molar-refractivity contribution is 0.114. The highest BCUT2D eigenvalue weighted by Gasteiger charge is 2.39. The Morgan fingerprint density at radius 2 is 2.28 bits per heavy atom. The normalized spacial score (nSPS) is 23.7. The van der Waals surface area contributed by atoms with Gasteiger partial charge in [-0.25, -0.2) is 0 Å². The SMILES string of the molecule is CCCOCc1noc(C2(CCC)CCNC2)n1. The van der Waals surface area contributed by atoms with Gasteiger partial charge in [0.25, 0.3) is 0 Å². The summed E-state index contributed by atoms with van der Waals surface area (Å²) in [5.74, 6) is 1.45. The topological polar surface area (TPSA) is 60.2 Å². The Morgan fingerprint density at radius 1 is 1.39 bits per heavy atom. The molecule has 5 nitrogen and oxygen atoms in total. The summed E-state index contributed by atoms with van der Waals surface area (Å²) in [4.78, 5) is 4.51. The lowest BCUT2D eigenvalue weighted by Gasteiger charge is -2.22. The van der Waals surface area contributed by atoms with Gasteiger partial charge in [0.05, 0.1) is 5.41 Å². The molecule has 0 saturated carbocycles. The molecular weight excluding hydrogens is 230 g/mol. The van der Waals surface area contributed by atoms with Crippen LogP contribution in [0.1, 0.15) is 51.2 Å². The van der Waals surface area contributed by atoms with Crippen molar-refractivity contribution in [2.24, 2.45) is 0 Å². The smallest absolute Gasteiger partial charge is 0.234 e. The minimum atomic E-state index is 0.0464. The van der Waals surface area contributed by atoms with Crippen molar-refractivity contribution in [3.8, 4) is 0 Å². The molecule has 18 heavy (non-hydrogen) atoms. The van der Waals surface area contributed by atoms with E-state index < -0.39 is 0 Å². The van der Waals surface area contributed by atoms with Crippen molar-refractivity contribution in [3.05, 3.63) is 11.7 Å². The standard InChI is InChI=1S/C13H23N3O2/c1-3-5-13(6-7-14-10-13)12-15-11(16-18-12)9-17-8-4-2/h14H,3-10H2,1-2H3. The molecule has 0 amide bonds. The van der Waals surface area contributed by atoms with Gasteiger partial charge in [-0.2, -0.15) is 4.98 Å². The molecule has 0 radical (unpaired) electrons. The van der Waals surface area contributed by atoms with Gasteiger partial charge in [-0.1, -0.05) is 25.4 Å². The second kappa shape index (κ2) is 6.29. The Kier molecular flexibility index (Phi) is 4.72. The van der Waals surface area contributed by atoms with E-state index in [1.807, 2.05) is 0 Å². The van der Waals surface area contributed by atoms with Gasteiger partial charge >= 0.3 is 0 Å². The number of hydrogen-bond acceptors (Lipinski definition) is 5. The van der Waals surface area contributed by atoms with Crippen LogP contribution in [0.4, 0.5) is 0 Å². The summed E-state index contributed by atoms with van der Waals surface area (Å²) in [6.07, 6.45) is 4.32. The molecular formula is C13H23N3O2. The maximum Gasteiger partial charge on any atom is 0.234 e. The lowest BCUT2D eigenvalue weighted by Crippen LogP contribution is -2.29. The molecule has 102 valence electrons. The first-order valence-electron chi connectivity index (χ1n) is 6.92. The lowest BCUT2D eigenvalue weighted by atomic mass is 9.82. The van der Waals surface area contributed by atoms with Crippen LogP contribution in [-0.4, -0.2) is 29.8 Å². The maximum absolute atomic E-state index is 5.45. The largest absolute Gasteiger partial charge is 0.373 e. The molecule has 1 unspecified atom stereocenters. The summed E-state index contributed by atoms with van der Waals surface area (Å²) in [6, 6.07) is 0. The van der Waals surface area contributed by atoms with Crippen molar-refractivity contribution in [2.75, 3.05) is 19.7 Å². The number of rotatable bonds is 7. The molecule has 5 heteroatoms. The van der Waals surface area contributed by atoms with Gasteiger partial charge in [-0.3, -0.25) is 0 Å². The number of ether oxygens (including phenoxy) is 1. The summed E-state index contributed by atoms with van der Waals surface area (Å²) in [5, 5.41) is 7.42. The van der Waals surface area contributed by atoms with Crippen molar-refractivity contribution in [1.29, 1.82) is 0 Å². The molecule has 1 aromatic rings. The van der Waals surface area contributed by atoms with Gasteiger partial charge < -0.3 is 14.6 Å². The van der Waals surface area contributed by atoms with Crippen LogP contribution >= 0.6 is 0 Å². The van der Waals surface area contributed by atoms with E-state index in [4.69, 9.17) is 9.26 Å². The van der Waals surface area contributed by atoms with E-state index in [9.17, 15) is 0 Å². The highest BCUT2D eigenvalue weighted by molar-refractivity contribution is 5.09. The molecule has 1 saturated heterocycles. The van der Waals surface area contributed by atoms with Crippen LogP contribution in [0.25, 0.3) is 0 Å². The molecule has 1 aliphatic heterocycles. The Morgan fingerprint density at radius 3 is 2.94 bits per heavy atom. The minimum absolute atomic E-state index is 0.0464. The average molecular weight is 253 g/mol. The predicted octanol–water partition coefficient (Wildman–Crippen LogP) is 2.03. The summed E-state index contributed by atoms with van der Waals surface area (Å²) < 4.78 is 10.9. The Balaban J connectivity index is 2.02. The van der Waals surface area contributed by atoms with Crippen molar-refractivity contribution in [2.45, 2.75) is 51.6 Å². The van der Waals surface area contributed by atoms with E-state index in [-0.39, 0.29) is 5.41 Å². The van der Waals surface area contributed by atoms with Crippen molar-refractivity contribution >= 4 is 0 Å². The van der Waals surface area contributed by atoms with Crippen LogP contribution in [0.15, 0.2) is 4.52 Å². The molecule has 0 aromatic carbocycles. The third kappa shape index (κ3) is 2.90. The number of aromatic nitrogens is 2. The van der Waals surface area contributed by atoms with E-state index in [1.165, 1.54) is 0 Å².